The minimum atomic E-state index is -0.145. The van der Waals surface area contributed by atoms with Gasteiger partial charge in [0, 0.05) is 12.1 Å². The molecular formula is C18H17NO3S2. The Hall–Kier alpha value is -2.05. The standard InChI is InChI=1S/C18H17NO3S2/c1-12-6-3-4-8-15(22-12)11-16-17(20)19(18(23)24-16)13-7-5-9-14(10-13)21-2/h5-11H,3-4H2,1-2H3/b16-11-. The molecule has 0 saturated carbocycles. The van der Waals surface area contributed by atoms with Gasteiger partial charge in [-0.2, -0.15) is 0 Å². The highest BCUT2D eigenvalue weighted by atomic mass is 32.2. The monoisotopic (exact) mass is 359 g/mol. The summed E-state index contributed by atoms with van der Waals surface area (Å²) in [6, 6.07) is 7.30. The maximum absolute atomic E-state index is 12.8. The average Bonchev–Trinajstić information content (AvgIpc) is 2.72. The zero-order valence-corrected chi connectivity index (χ0v) is 15.1. The molecule has 6 heteroatoms. The van der Waals surface area contributed by atoms with E-state index in [9.17, 15) is 4.79 Å². The number of ether oxygens (including phenoxy) is 2. The van der Waals surface area contributed by atoms with E-state index >= 15 is 0 Å². The molecule has 0 unspecified atom stereocenters. The molecule has 1 saturated heterocycles. The highest BCUT2D eigenvalue weighted by Crippen LogP contribution is 2.37. The summed E-state index contributed by atoms with van der Waals surface area (Å²) in [5.41, 5.74) is 0.701. The Kier molecular flexibility index (Phi) is 5.06. The number of amides is 1. The van der Waals surface area contributed by atoms with Gasteiger partial charge < -0.3 is 9.47 Å². The first-order valence-electron chi connectivity index (χ1n) is 7.55. The van der Waals surface area contributed by atoms with Crippen LogP contribution in [0.1, 0.15) is 19.8 Å². The van der Waals surface area contributed by atoms with Crippen LogP contribution in [0.4, 0.5) is 5.69 Å². The molecule has 124 valence electrons. The summed E-state index contributed by atoms with van der Waals surface area (Å²) >= 11 is 6.67. The van der Waals surface area contributed by atoms with Crippen LogP contribution in [-0.4, -0.2) is 17.3 Å². The van der Waals surface area contributed by atoms with Crippen molar-refractivity contribution in [3.05, 3.63) is 58.9 Å². The van der Waals surface area contributed by atoms with Crippen molar-refractivity contribution in [2.75, 3.05) is 12.0 Å². The Morgan fingerprint density at radius 1 is 1.33 bits per heavy atom. The van der Waals surface area contributed by atoms with Crippen LogP contribution in [0.25, 0.3) is 0 Å². The summed E-state index contributed by atoms with van der Waals surface area (Å²) in [6.45, 7) is 1.91. The molecule has 0 atom stereocenters. The number of methoxy groups -OCH3 is 1. The number of carbonyl (C=O) groups is 1. The minimum absolute atomic E-state index is 0.145. The van der Waals surface area contributed by atoms with Crippen LogP contribution in [0.2, 0.25) is 0 Å². The first kappa shape index (κ1) is 16.8. The van der Waals surface area contributed by atoms with Gasteiger partial charge in [-0.05, 0) is 44.1 Å². The van der Waals surface area contributed by atoms with Gasteiger partial charge in [0.15, 0.2) is 4.32 Å². The molecule has 4 nitrogen and oxygen atoms in total. The molecule has 0 N–H and O–H groups in total. The summed E-state index contributed by atoms with van der Waals surface area (Å²) < 4.78 is 11.5. The number of nitrogens with zero attached hydrogens (tertiary/aromatic N) is 1. The second-order valence-electron chi connectivity index (χ2n) is 5.32. The molecule has 1 amide bonds. The van der Waals surface area contributed by atoms with Crippen molar-refractivity contribution in [1.29, 1.82) is 0 Å². The summed E-state index contributed by atoms with van der Waals surface area (Å²) in [6.07, 6.45) is 7.62. The van der Waals surface area contributed by atoms with Crippen molar-refractivity contribution >= 4 is 39.9 Å². The summed E-state index contributed by atoms with van der Waals surface area (Å²) in [4.78, 5) is 14.8. The topological polar surface area (TPSA) is 38.8 Å². The Bertz CT molecular complexity index is 780. The van der Waals surface area contributed by atoms with E-state index in [4.69, 9.17) is 21.7 Å². The fourth-order valence-electron chi connectivity index (χ4n) is 2.44. The molecule has 1 fully saturated rings. The number of thioether (sulfide) groups is 1. The van der Waals surface area contributed by atoms with Crippen molar-refractivity contribution in [2.45, 2.75) is 19.8 Å². The Morgan fingerprint density at radius 2 is 2.12 bits per heavy atom. The fraction of sp³-hybridized carbons (Fsp3) is 0.222. The van der Waals surface area contributed by atoms with Crippen LogP contribution in [0.15, 0.2) is 58.9 Å². The molecule has 2 aliphatic heterocycles. The molecule has 2 heterocycles. The van der Waals surface area contributed by atoms with E-state index in [1.165, 1.54) is 16.7 Å². The minimum Gasteiger partial charge on any atom is -0.497 e. The molecule has 1 aromatic carbocycles. The number of thiocarbonyl (C=S) groups is 1. The van der Waals surface area contributed by atoms with Gasteiger partial charge >= 0.3 is 0 Å². The van der Waals surface area contributed by atoms with Crippen LogP contribution < -0.4 is 9.64 Å². The van der Waals surface area contributed by atoms with E-state index in [1.54, 1.807) is 19.3 Å². The highest BCUT2D eigenvalue weighted by Gasteiger charge is 2.33. The van der Waals surface area contributed by atoms with E-state index in [0.717, 1.165) is 18.6 Å². The smallest absolute Gasteiger partial charge is 0.270 e. The molecule has 0 aromatic heterocycles. The predicted octanol–water partition coefficient (Wildman–Crippen LogP) is 4.54. The van der Waals surface area contributed by atoms with Crippen molar-refractivity contribution < 1.29 is 14.3 Å². The van der Waals surface area contributed by atoms with Crippen molar-refractivity contribution in [3.8, 4) is 5.75 Å². The molecule has 0 radical (unpaired) electrons. The number of hydrogen-bond donors (Lipinski definition) is 0. The van der Waals surface area contributed by atoms with Gasteiger partial charge in [-0.1, -0.05) is 30.0 Å². The second-order valence-corrected chi connectivity index (χ2v) is 7.00. The Labute approximate surface area is 150 Å². The third kappa shape index (κ3) is 3.55. The summed E-state index contributed by atoms with van der Waals surface area (Å²) in [5.74, 6) is 2.07. The van der Waals surface area contributed by atoms with Crippen molar-refractivity contribution in [1.82, 2.24) is 0 Å². The van der Waals surface area contributed by atoms with E-state index in [-0.39, 0.29) is 5.91 Å². The summed E-state index contributed by atoms with van der Waals surface area (Å²) in [7, 11) is 1.59. The molecule has 2 aliphatic rings. The van der Waals surface area contributed by atoms with Crippen molar-refractivity contribution in [3.63, 3.8) is 0 Å². The van der Waals surface area contributed by atoms with Crippen LogP contribution in [0.3, 0.4) is 0 Å². The normalized spacial score (nSPS) is 19.8. The number of allylic oxidation sites excluding steroid dienone is 4. The first-order chi connectivity index (χ1) is 11.6. The lowest BCUT2D eigenvalue weighted by atomic mass is 10.2. The number of hydrogen-bond acceptors (Lipinski definition) is 5. The predicted molar refractivity (Wildman–Crippen MR) is 101 cm³/mol. The van der Waals surface area contributed by atoms with Gasteiger partial charge in [0.25, 0.3) is 5.91 Å². The number of carbonyl (C=O) groups excluding carboxylic acids is 1. The van der Waals surface area contributed by atoms with E-state index in [0.29, 0.717) is 26.4 Å². The van der Waals surface area contributed by atoms with Gasteiger partial charge in [-0.3, -0.25) is 9.69 Å². The van der Waals surface area contributed by atoms with E-state index in [2.05, 4.69) is 0 Å². The Morgan fingerprint density at radius 3 is 2.92 bits per heavy atom. The third-order valence-electron chi connectivity index (χ3n) is 3.60. The second kappa shape index (κ2) is 7.23. The molecule has 3 rings (SSSR count). The maximum atomic E-state index is 12.8. The van der Waals surface area contributed by atoms with Crippen LogP contribution in [0, 0.1) is 0 Å². The molecular weight excluding hydrogens is 342 g/mol. The van der Waals surface area contributed by atoms with Crippen LogP contribution >= 0.6 is 24.0 Å². The fourth-order valence-corrected chi connectivity index (χ4v) is 3.72. The van der Waals surface area contributed by atoms with Crippen LogP contribution in [0.5, 0.6) is 5.75 Å². The van der Waals surface area contributed by atoms with Gasteiger partial charge in [-0.25, -0.2) is 0 Å². The third-order valence-corrected chi connectivity index (χ3v) is 4.90. The lowest BCUT2D eigenvalue weighted by Gasteiger charge is -2.15. The molecule has 1 aromatic rings. The molecule has 24 heavy (non-hydrogen) atoms. The number of benzene rings is 1. The maximum Gasteiger partial charge on any atom is 0.270 e. The zero-order chi connectivity index (χ0) is 17.1. The molecule has 0 spiro atoms. The average molecular weight is 359 g/mol. The van der Waals surface area contributed by atoms with Crippen LogP contribution in [-0.2, 0) is 9.53 Å². The van der Waals surface area contributed by atoms with Gasteiger partial charge in [0.2, 0.25) is 0 Å². The lowest BCUT2D eigenvalue weighted by Crippen LogP contribution is -2.27. The van der Waals surface area contributed by atoms with E-state index < -0.39 is 0 Å². The summed E-state index contributed by atoms with van der Waals surface area (Å²) in [5, 5.41) is 0. The molecule has 0 aliphatic carbocycles. The Balaban J connectivity index is 1.87. The van der Waals surface area contributed by atoms with Crippen molar-refractivity contribution in [2.24, 2.45) is 0 Å². The SMILES string of the molecule is COc1cccc(N2C(=O)/C(=C/C3=CCCC=C(C)O3)SC2=S)c1. The molecule has 0 bridgehead atoms. The van der Waals surface area contributed by atoms with E-state index in [1.807, 2.05) is 37.3 Å². The van der Waals surface area contributed by atoms with Gasteiger partial charge in [0.1, 0.15) is 11.5 Å². The quantitative estimate of drug-likeness (QED) is 0.585. The largest absolute Gasteiger partial charge is 0.497 e. The number of rotatable bonds is 3. The highest BCUT2D eigenvalue weighted by molar-refractivity contribution is 8.27. The van der Waals surface area contributed by atoms with Gasteiger partial charge in [-0.15, -0.1) is 0 Å². The lowest BCUT2D eigenvalue weighted by molar-refractivity contribution is -0.113. The zero-order valence-electron chi connectivity index (χ0n) is 13.4. The number of anilines is 1. The van der Waals surface area contributed by atoms with Gasteiger partial charge in [0.05, 0.1) is 23.5 Å². The first-order valence-corrected chi connectivity index (χ1v) is 8.78.